The molecule has 1 aliphatic heterocycles. The lowest BCUT2D eigenvalue weighted by Gasteiger charge is -2.19. The van der Waals surface area contributed by atoms with E-state index in [1.165, 1.54) is 53.3 Å². The van der Waals surface area contributed by atoms with Crippen LogP contribution in [0, 0.1) is 0 Å². The molecular weight excluding hydrogens is 414 g/mol. The van der Waals surface area contributed by atoms with Gasteiger partial charge in [0.15, 0.2) is 10.8 Å². The van der Waals surface area contributed by atoms with Crippen LogP contribution in [0.25, 0.3) is 15.9 Å². The zero-order valence-electron chi connectivity index (χ0n) is 17.8. The quantitative estimate of drug-likeness (QED) is 0.540. The highest BCUT2D eigenvalue weighted by molar-refractivity contribution is 7.99. The molecular formula is C22H29N5OS2. The fourth-order valence-electron chi connectivity index (χ4n) is 4.67. The average molecular weight is 444 g/mol. The molecule has 1 aliphatic carbocycles. The largest absolute Gasteiger partial charge is 0.342 e. The van der Waals surface area contributed by atoms with E-state index in [2.05, 4.69) is 28.4 Å². The first kappa shape index (κ1) is 20.2. The maximum Gasteiger partial charge on any atom is 0.233 e. The maximum atomic E-state index is 12.8. The molecule has 0 spiro atoms. The summed E-state index contributed by atoms with van der Waals surface area (Å²) in [6.45, 7) is 6.11. The minimum absolute atomic E-state index is 0.215. The summed E-state index contributed by atoms with van der Waals surface area (Å²) in [7, 11) is 0. The molecule has 3 aromatic heterocycles. The molecule has 0 atom stereocenters. The summed E-state index contributed by atoms with van der Waals surface area (Å²) < 4.78 is 2.12. The number of amides is 1. The van der Waals surface area contributed by atoms with Crippen LogP contribution in [0.1, 0.15) is 74.6 Å². The van der Waals surface area contributed by atoms with Crippen LogP contribution in [-0.4, -0.2) is 49.2 Å². The molecule has 3 aromatic rings. The van der Waals surface area contributed by atoms with Crippen molar-refractivity contribution in [3.63, 3.8) is 0 Å². The summed E-state index contributed by atoms with van der Waals surface area (Å²) in [4.78, 5) is 22.5. The van der Waals surface area contributed by atoms with Gasteiger partial charge in [0.25, 0.3) is 0 Å². The number of nitrogens with zero attached hydrogens (tertiary/aromatic N) is 5. The smallest absolute Gasteiger partial charge is 0.233 e. The zero-order valence-corrected chi connectivity index (χ0v) is 19.4. The Bertz CT molecular complexity index is 1080. The number of thioether (sulfide) groups is 1. The van der Waals surface area contributed by atoms with Crippen molar-refractivity contribution in [1.29, 1.82) is 0 Å². The second-order valence-corrected chi connectivity index (χ2v) is 10.8. The van der Waals surface area contributed by atoms with Crippen LogP contribution in [0.3, 0.4) is 0 Å². The molecule has 0 radical (unpaired) electrons. The van der Waals surface area contributed by atoms with E-state index in [0.717, 1.165) is 60.2 Å². The Morgan fingerprint density at radius 3 is 2.60 bits per heavy atom. The Hall–Kier alpha value is -1.67. The number of carbonyl (C=O) groups is 1. The third-order valence-corrected chi connectivity index (χ3v) is 8.35. The van der Waals surface area contributed by atoms with E-state index >= 15 is 0 Å². The molecule has 1 amide bonds. The van der Waals surface area contributed by atoms with E-state index < -0.39 is 0 Å². The van der Waals surface area contributed by atoms with E-state index in [9.17, 15) is 4.79 Å². The summed E-state index contributed by atoms with van der Waals surface area (Å²) in [6.07, 6.45) is 9.46. The van der Waals surface area contributed by atoms with Gasteiger partial charge in [0.1, 0.15) is 10.7 Å². The SMILES string of the molecule is CC(C)c1nc2sc3c(c2c2nnc(SCC(=O)N4CCCCCC4)n12)CCCC3. The molecule has 5 rings (SSSR count). The average Bonchev–Trinajstić information content (AvgIpc) is 3.21. The van der Waals surface area contributed by atoms with Crippen LogP contribution < -0.4 is 0 Å². The van der Waals surface area contributed by atoms with Crippen LogP contribution in [0.15, 0.2) is 5.16 Å². The van der Waals surface area contributed by atoms with Crippen molar-refractivity contribution < 1.29 is 4.79 Å². The van der Waals surface area contributed by atoms with Crippen LogP contribution in [0.2, 0.25) is 0 Å². The maximum absolute atomic E-state index is 12.8. The van der Waals surface area contributed by atoms with Crippen LogP contribution in [0.4, 0.5) is 0 Å². The van der Waals surface area contributed by atoms with Crippen molar-refractivity contribution in [3.05, 3.63) is 16.3 Å². The van der Waals surface area contributed by atoms with Crippen LogP contribution >= 0.6 is 23.1 Å². The van der Waals surface area contributed by atoms with Gasteiger partial charge in [-0.3, -0.25) is 9.20 Å². The number of fused-ring (bicyclic) bond motifs is 5. The van der Waals surface area contributed by atoms with E-state index in [0.29, 0.717) is 5.75 Å². The van der Waals surface area contributed by atoms with Crippen molar-refractivity contribution in [2.75, 3.05) is 18.8 Å². The molecule has 8 heteroatoms. The van der Waals surface area contributed by atoms with Gasteiger partial charge in [0, 0.05) is 23.9 Å². The van der Waals surface area contributed by atoms with E-state index in [1.54, 1.807) is 0 Å². The highest BCUT2D eigenvalue weighted by Crippen LogP contribution is 2.39. The summed E-state index contributed by atoms with van der Waals surface area (Å²) in [5.41, 5.74) is 2.35. The Morgan fingerprint density at radius 2 is 1.83 bits per heavy atom. The summed E-state index contributed by atoms with van der Waals surface area (Å²) >= 11 is 3.34. The number of thiophene rings is 1. The van der Waals surface area contributed by atoms with E-state index in [-0.39, 0.29) is 11.8 Å². The van der Waals surface area contributed by atoms with Gasteiger partial charge in [-0.05, 0) is 44.1 Å². The van der Waals surface area contributed by atoms with Crippen molar-refractivity contribution >= 4 is 44.9 Å². The van der Waals surface area contributed by atoms with Gasteiger partial charge in [-0.1, -0.05) is 38.5 Å². The number of aromatic nitrogens is 4. The third-order valence-electron chi connectivity index (χ3n) is 6.25. The van der Waals surface area contributed by atoms with E-state index in [4.69, 9.17) is 4.98 Å². The third kappa shape index (κ3) is 3.62. The van der Waals surface area contributed by atoms with Gasteiger partial charge in [-0.25, -0.2) is 4.98 Å². The molecule has 0 unspecified atom stereocenters. The number of likely N-dealkylation sites (tertiary alicyclic amines) is 1. The molecule has 160 valence electrons. The fraction of sp³-hybridized carbons (Fsp3) is 0.636. The molecule has 2 aliphatic rings. The van der Waals surface area contributed by atoms with Crippen molar-refractivity contribution in [3.8, 4) is 0 Å². The zero-order chi connectivity index (χ0) is 20.7. The second-order valence-electron chi connectivity index (χ2n) is 8.74. The fourth-order valence-corrected chi connectivity index (χ4v) is 6.78. The van der Waals surface area contributed by atoms with Gasteiger partial charge >= 0.3 is 0 Å². The van der Waals surface area contributed by atoms with Gasteiger partial charge < -0.3 is 4.90 Å². The normalized spacial score (nSPS) is 17.6. The van der Waals surface area contributed by atoms with Crippen molar-refractivity contribution in [2.24, 2.45) is 0 Å². The Balaban J connectivity index is 1.50. The first-order valence-corrected chi connectivity index (χ1v) is 13.0. The predicted molar refractivity (Wildman–Crippen MR) is 123 cm³/mol. The minimum atomic E-state index is 0.215. The molecule has 0 bridgehead atoms. The van der Waals surface area contributed by atoms with Crippen molar-refractivity contribution in [1.82, 2.24) is 24.5 Å². The number of hydrogen-bond acceptors (Lipinski definition) is 6. The molecule has 0 N–H and O–H groups in total. The van der Waals surface area contributed by atoms with Crippen molar-refractivity contribution in [2.45, 2.75) is 76.3 Å². The van der Waals surface area contributed by atoms with Gasteiger partial charge in [-0.15, -0.1) is 21.5 Å². The molecule has 4 heterocycles. The lowest BCUT2D eigenvalue weighted by molar-refractivity contribution is -0.128. The lowest BCUT2D eigenvalue weighted by Crippen LogP contribution is -2.33. The second kappa shape index (κ2) is 8.46. The molecule has 0 aromatic carbocycles. The number of carbonyl (C=O) groups excluding carboxylic acids is 1. The number of hydrogen-bond donors (Lipinski definition) is 0. The molecule has 1 fully saturated rings. The van der Waals surface area contributed by atoms with Gasteiger partial charge in [0.2, 0.25) is 5.91 Å². The first-order chi connectivity index (χ1) is 14.6. The summed E-state index contributed by atoms with van der Waals surface area (Å²) in [5, 5.41) is 11.1. The Morgan fingerprint density at radius 1 is 1.07 bits per heavy atom. The topological polar surface area (TPSA) is 63.4 Å². The van der Waals surface area contributed by atoms with Gasteiger partial charge in [-0.2, -0.15) is 0 Å². The Kier molecular flexibility index (Phi) is 5.71. The Labute approximate surface area is 185 Å². The van der Waals surface area contributed by atoms with Gasteiger partial charge in [0.05, 0.1) is 11.1 Å². The standard InChI is InChI=1S/C22H29N5OS2/c1-14(2)19-23-21-18(15-9-5-6-10-16(15)30-21)20-24-25-22(27(19)20)29-13-17(28)26-11-7-3-4-8-12-26/h14H,3-13H2,1-2H3. The summed E-state index contributed by atoms with van der Waals surface area (Å²) in [5.74, 6) is 1.88. The monoisotopic (exact) mass is 443 g/mol. The molecule has 6 nitrogen and oxygen atoms in total. The summed E-state index contributed by atoms with van der Waals surface area (Å²) in [6, 6.07) is 0. The first-order valence-electron chi connectivity index (χ1n) is 11.2. The lowest BCUT2D eigenvalue weighted by atomic mass is 9.97. The highest BCUT2D eigenvalue weighted by atomic mass is 32.2. The molecule has 30 heavy (non-hydrogen) atoms. The van der Waals surface area contributed by atoms with E-state index in [1.807, 2.05) is 16.2 Å². The number of rotatable bonds is 4. The van der Waals surface area contributed by atoms with Crippen LogP contribution in [-0.2, 0) is 17.6 Å². The molecule has 0 saturated carbocycles. The van der Waals surface area contributed by atoms with Crippen LogP contribution in [0.5, 0.6) is 0 Å². The predicted octanol–water partition coefficient (Wildman–Crippen LogP) is 4.84. The highest BCUT2D eigenvalue weighted by Gasteiger charge is 2.25. The minimum Gasteiger partial charge on any atom is -0.342 e. The number of aryl methyl sites for hydroxylation is 2. The molecule has 1 saturated heterocycles.